The zero-order valence-corrected chi connectivity index (χ0v) is 18.7. The molecule has 0 radical (unpaired) electrons. The molecular formula is C24H30N6O2. The molecule has 2 N–H and O–H groups in total. The Labute approximate surface area is 188 Å². The fourth-order valence-electron chi connectivity index (χ4n) is 4.39. The predicted molar refractivity (Wildman–Crippen MR) is 126 cm³/mol. The largest absolute Gasteiger partial charge is 0.497 e. The summed E-state index contributed by atoms with van der Waals surface area (Å²) in [5.41, 5.74) is 2.62. The molecule has 8 nitrogen and oxygen atoms in total. The Bertz CT molecular complexity index is 1070. The van der Waals surface area contributed by atoms with E-state index in [0.29, 0.717) is 30.9 Å². The van der Waals surface area contributed by atoms with E-state index < -0.39 is 0 Å². The summed E-state index contributed by atoms with van der Waals surface area (Å²) in [6, 6.07) is 12.7. The Morgan fingerprint density at radius 1 is 1.06 bits per heavy atom. The Morgan fingerprint density at radius 3 is 2.62 bits per heavy atom. The van der Waals surface area contributed by atoms with Crippen LogP contribution in [0.2, 0.25) is 0 Å². The molecule has 2 fully saturated rings. The second-order valence-corrected chi connectivity index (χ2v) is 8.45. The molecular weight excluding hydrogens is 404 g/mol. The number of piperidine rings is 1. The summed E-state index contributed by atoms with van der Waals surface area (Å²) in [5, 5.41) is 7.94. The molecule has 2 aromatic heterocycles. The standard InChI is InChI=1S/C24H30N6O2/c1-16-15-32-14-13-30(16)23-20-7-8-21(17-3-5-19(31-2)6-4-17)27-22(20)28-24(29-23)26-18-9-11-25-12-10-18/h3-8,16,18,25H,9-15H2,1-2H3,(H,26,27,28,29)/t16-/m0/s1. The lowest BCUT2D eigenvalue weighted by Crippen LogP contribution is -2.44. The average Bonchev–Trinajstić information content (AvgIpc) is 2.84. The van der Waals surface area contributed by atoms with Crippen molar-refractivity contribution in [3.63, 3.8) is 0 Å². The van der Waals surface area contributed by atoms with E-state index in [1.807, 2.05) is 30.3 Å². The maximum Gasteiger partial charge on any atom is 0.226 e. The van der Waals surface area contributed by atoms with Gasteiger partial charge in [-0.2, -0.15) is 9.97 Å². The van der Waals surface area contributed by atoms with Crippen LogP contribution in [0.3, 0.4) is 0 Å². The molecule has 0 amide bonds. The molecule has 1 atom stereocenters. The van der Waals surface area contributed by atoms with Crippen LogP contribution in [0.15, 0.2) is 36.4 Å². The Morgan fingerprint density at radius 2 is 1.88 bits per heavy atom. The van der Waals surface area contributed by atoms with Crippen molar-refractivity contribution in [2.45, 2.75) is 31.8 Å². The van der Waals surface area contributed by atoms with Crippen molar-refractivity contribution in [2.24, 2.45) is 0 Å². The van der Waals surface area contributed by atoms with E-state index in [9.17, 15) is 0 Å². The number of hydrogen-bond donors (Lipinski definition) is 2. The quantitative estimate of drug-likeness (QED) is 0.634. The number of nitrogens with zero attached hydrogens (tertiary/aromatic N) is 4. The van der Waals surface area contributed by atoms with E-state index in [1.165, 1.54) is 0 Å². The Balaban J connectivity index is 1.56. The first-order valence-electron chi connectivity index (χ1n) is 11.4. The molecule has 0 bridgehead atoms. The number of pyridine rings is 1. The SMILES string of the molecule is COc1ccc(-c2ccc3c(N4CCOC[C@@H]4C)nc(NC4CCNCC4)nc3n2)cc1. The molecule has 2 aliphatic heterocycles. The smallest absolute Gasteiger partial charge is 0.226 e. The van der Waals surface area contributed by atoms with E-state index in [-0.39, 0.29) is 6.04 Å². The van der Waals surface area contributed by atoms with Crippen molar-refractivity contribution in [3.05, 3.63) is 36.4 Å². The summed E-state index contributed by atoms with van der Waals surface area (Å²) >= 11 is 0. The third-order valence-corrected chi connectivity index (χ3v) is 6.24. The molecule has 32 heavy (non-hydrogen) atoms. The van der Waals surface area contributed by atoms with Gasteiger partial charge in [0.2, 0.25) is 5.95 Å². The van der Waals surface area contributed by atoms with Crippen LogP contribution in [0.25, 0.3) is 22.3 Å². The molecule has 2 saturated heterocycles. The lowest BCUT2D eigenvalue weighted by atomic mass is 10.1. The number of rotatable bonds is 5. The van der Waals surface area contributed by atoms with Gasteiger partial charge < -0.3 is 25.0 Å². The van der Waals surface area contributed by atoms with Gasteiger partial charge in [0.1, 0.15) is 11.6 Å². The van der Waals surface area contributed by atoms with E-state index in [1.54, 1.807) is 7.11 Å². The van der Waals surface area contributed by atoms with Gasteiger partial charge in [-0.25, -0.2) is 4.98 Å². The van der Waals surface area contributed by atoms with Gasteiger partial charge in [0.05, 0.1) is 37.4 Å². The van der Waals surface area contributed by atoms with Crippen molar-refractivity contribution in [2.75, 3.05) is 50.2 Å². The lowest BCUT2D eigenvalue weighted by molar-refractivity contribution is 0.0987. The maximum atomic E-state index is 5.66. The third kappa shape index (κ3) is 4.33. The van der Waals surface area contributed by atoms with E-state index >= 15 is 0 Å². The first-order chi connectivity index (χ1) is 15.7. The average molecular weight is 435 g/mol. The zero-order valence-electron chi connectivity index (χ0n) is 18.7. The molecule has 2 aliphatic rings. The fraction of sp³-hybridized carbons (Fsp3) is 0.458. The van der Waals surface area contributed by atoms with Gasteiger partial charge in [-0.15, -0.1) is 0 Å². The monoisotopic (exact) mass is 434 g/mol. The maximum absolute atomic E-state index is 5.66. The van der Waals surface area contributed by atoms with Crippen molar-refractivity contribution < 1.29 is 9.47 Å². The molecule has 3 aromatic rings. The van der Waals surface area contributed by atoms with E-state index in [2.05, 4.69) is 28.5 Å². The number of hydrogen-bond acceptors (Lipinski definition) is 8. The van der Waals surface area contributed by atoms with Crippen LogP contribution < -0.4 is 20.3 Å². The second kappa shape index (κ2) is 9.26. The molecule has 8 heteroatoms. The van der Waals surface area contributed by atoms with Crippen LogP contribution in [0.4, 0.5) is 11.8 Å². The highest BCUT2D eigenvalue weighted by Gasteiger charge is 2.24. The number of anilines is 2. The molecule has 0 unspecified atom stereocenters. The molecule has 1 aromatic carbocycles. The molecule has 5 rings (SSSR count). The summed E-state index contributed by atoms with van der Waals surface area (Å²) in [4.78, 5) is 17.0. The lowest BCUT2D eigenvalue weighted by Gasteiger charge is -2.35. The number of nitrogens with one attached hydrogen (secondary N) is 2. The summed E-state index contributed by atoms with van der Waals surface area (Å²) in [6.07, 6.45) is 2.12. The summed E-state index contributed by atoms with van der Waals surface area (Å²) in [6.45, 7) is 6.40. The number of fused-ring (bicyclic) bond motifs is 1. The third-order valence-electron chi connectivity index (χ3n) is 6.24. The second-order valence-electron chi connectivity index (χ2n) is 8.45. The molecule has 168 valence electrons. The van der Waals surface area contributed by atoms with E-state index in [4.69, 9.17) is 24.4 Å². The van der Waals surface area contributed by atoms with Crippen molar-refractivity contribution >= 4 is 22.8 Å². The van der Waals surface area contributed by atoms with Gasteiger partial charge in [0.25, 0.3) is 0 Å². The normalized spacial score (nSPS) is 19.8. The first kappa shape index (κ1) is 20.9. The molecule has 0 aliphatic carbocycles. The number of benzene rings is 1. The number of methoxy groups -OCH3 is 1. The Kier molecular flexibility index (Phi) is 6.05. The van der Waals surface area contributed by atoms with Crippen LogP contribution in [-0.2, 0) is 4.74 Å². The molecule has 0 spiro atoms. The van der Waals surface area contributed by atoms with E-state index in [0.717, 1.165) is 60.7 Å². The molecule has 0 saturated carbocycles. The topological polar surface area (TPSA) is 84.4 Å². The highest BCUT2D eigenvalue weighted by Crippen LogP contribution is 2.30. The van der Waals surface area contributed by atoms with Gasteiger partial charge in [-0.1, -0.05) is 0 Å². The van der Waals surface area contributed by atoms with Crippen molar-refractivity contribution in [3.8, 4) is 17.0 Å². The minimum atomic E-state index is 0.245. The Hall–Kier alpha value is -2.97. The van der Waals surface area contributed by atoms with Gasteiger partial charge in [-0.3, -0.25) is 0 Å². The highest BCUT2D eigenvalue weighted by molar-refractivity contribution is 5.90. The van der Waals surface area contributed by atoms with Crippen LogP contribution in [0.1, 0.15) is 19.8 Å². The van der Waals surface area contributed by atoms with Crippen LogP contribution in [0.5, 0.6) is 5.75 Å². The van der Waals surface area contributed by atoms with Gasteiger partial charge in [0.15, 0.2) is 5.65 Å². The molecule has 4 heterocycles. The van der Waals surface area contributed by atoms with Crippen LogP contribution in [0, 0.1) is 0 Å². The number of aromatic nitrogens is 3. The summed E-state index contributed by atoms with van der Waals surface area (Å²) in [5.74, 6) is 2.41. The van der Waals surface area contributed by atoms with Crippen molar-refractivity contribution in [1.29, 1.82) is 0 Å². The van der Waals surface area contributed by atoms with Gasteiger partial charge in [0, 0.05) is 18.2 Å². The minimum Gasteiger partial charge on any atom is -0.497 e. The summed E-state index contributed by atoms with van der Waals surface area (Å²) < 4.78 is 10.9. The zero-order chi connectivity index (χ0) is 21.9. The van der Waals surface area contributed by atoms with Gasteiger partial charge >= 0.3 is 0 Å². The minimum absolute atomic E-state index is 0.245. The number of morpholine rings is 1. The first-order valence-corrected chi connectivity index (χ1v) is 11.4. The van der Waals surface area contributed by atoms with Crippen LogP contribution in [-0.4, -0.2) is 67.0 Å². The fourth-order valence-corrected chi connectivity index (χ4v) is 4.39. The van der Waals surface area contributed by atoms with Crippen molar-refractivity contribution in [1.82, 2.24) is 20.3 Å². The summed E-state index contributed by atoms with van der Waals surface area (Å²) in [7, 11) is 1.67. The van der Waals surface area contributed by atoms with Crippen LogP contribution >= 0.6 is 0 Å². The predicted octanol–water partition coefficient (Wildman–Crippen LogP) is 3.09. The highest BCUT2D eigenvalue weighted by atomic mass is 16.5. The van der Waals surface area contributed by atoms with Gasteiger partial charge in [-0.05, 0) is 69.3 Å². The number of ether oxygens (including phenoxy) is 2.